The number of methoxy groups -OCH3 is 2. The van der Waals surface area contributed by atoms with Crippen molar-refractivity contribution >= 4 is 52.4 Å². The number of aryl methyl sites for hydroxylation is 1. The minimum Gasteiger partial charge on any atom is -0.466 e. The zero-order valence-corrected chi connectivity index (χ0v) is 30.2. The first-order valence-electron chi connectivity index (χ1n) is 16.6. The van der Waals surface area contributed by atoms with Gasteiger partial charge in [0, 0.05) is 84.3 Å². The highest BCUT2D eigenvalue weighted by Gasteiger charge is 2.42. The minimum atomic E-state index is -1.03. The standard InChI is InChI=1S/C35H45Cl2N5O5S/c1-4-38-21-35(12-5-6-13-35)22-41-15-17-42(18-16-41)28(43)20-26-31(34(45)47-3)32(29-23(36)8-7-9-24(29)37)30(33(44)46-2)25(40-26)10-11-27-39-14-19-48-27/h7-9,14,19,32,38,40H,4-6,10-13,15-18,20-22H2,1-3H3. The van der Waals surface area contributed by atoms with Crippen LogP contribution < -0.4 is 10.6 Å². The predicted molar refractivity (Wildman–Crippen MR) is 188 cm³/mol. The van der Waals surface area contributed by atoms with E-state index in [1.807, 2.05) is 10.3 Å². The van der Waals surface area contributed by atoms with Crippen LogP contribution in [0.3, 0.4) is 0 Å². The van der Waals surface area contributed by atoms with Gasteiger partial charge in [0.15, 0.2) is 0 Å². The van der Waals surface area contributed by atoms with Gasteiger partial charge in [0.2, 0.25) is 5.91 Å². The normalized spacial score (nSPS) is 19.8. The summed E-state index contributed by atoms with van der Waals surface area (Å²) in [4.78, 5) is 49.9. The fourth-order valence-corrected chi connectivity index (χ4v) is 8.57. The zero-order chi connectivity index (χ0) is 34.3. The Balaban J connectivity index is 1.44. The van der Waals surface area contributed by atoms with Gasteiger partial charge in [-0.05, 0) is 43.4 Å². The van der Waals surface area contributed by atoms with Crippen molar-refractivity contribution < 1.29 is 23.9 Å². The van der Waals surface area contributed by atoms with E-state index in [1.54, 1.807) is 24.4 Å². The first-order chi connectivity index (χ1) is 23.2. The number of nitrogens with zero attached hydrogens (tertiary/aromatic N) is 3. The largest absolute Gasteiger partial charge is 0.466 e. The van der Waals surface area contributed by atoms with Crippen molar-refractivity contribution in [2.75, 3.05) is 60.0 Å². The van der Waals surface area contributed by atoms with E-state index in [-0.39, 0.29) is 33.5 Å². The molecule has 3 aliphatic rings. The summed E-state index contributed by atoms with van der Waals surface area (Å²) < 4.78 is 10.5. The number of esters is 2. The Bertz CT molecular complexity index is 1510. The third-order valence-electron chi connectivity index (χ3n) is 9.73. The average Bonchev–Trinajstić information content (AvgIpc) is 3.79. The zero-order valence-electron chi connectivity index (χ0n) is 27.9. The molecule has 10 nitrogen and oxygen atoms in total. The van der Waals surface area contributed by atoms with Crippen molar-refractivity contribution in [3.8, 4) is 0 Å². The molecule has 1 unspecified atom stereocenters. The van der Waals surface area contributed by atoms with E-state index >= 15 is 0 Å². The van der Waals surface area contributed by atoms with Crippen LogP contribution in [-0.2, 0) is 30.3 Å². The molecule has 2 fully saturated rings. The summed E-state index contributed by atoms with van der Waals surface area (Å²) in [6, 6.07) is 5.00. The second-order valence-electron chi connectivity index (χ2n) is 12.7. The fourth-order valence-electron chi connectivity index (χ4n) is 7.33. The lowest BCUT2D eigenvalue weighted by Gasteiger charge is -2.41. The summed E-state index contributed by atoms with van der Waals surface area (Å²) >= 11 is 15.0. The van der Waals surface area contributed by atoms with Crippen LogP contribution in [0.15, 0.2) is 52.3 Å². The molecule has 0 radical (unpaired) electrons. The molecule has 2 aromatic rings. The SMILES string of the molecule is CCNCC1(CN2CCN(C(=O)CC3=C(C(=O)OC)C(c4c(Cl)cccc4Cl)C(C(=O)OC)=C(CCc4nccs4)N3)CC2)CCCC1. The molecule has 1 aromatic heterocycles. The van der Waals surface area contributed by atoms with Gasteiger partial charge in [0.25, 0.3) is 0 Å². The predicted octanol–water partition coefficient (Wildman–Crippen LogP) is 5.33. The molecule has 0 bridgehead atoms. The van der Waals surface area contributed by atoms with Crippen molar-refractivity contribution in [3.05, 3.63) is 72.9 Å². The second kappa shape index (κ2) is 16.6. The number of carbonyl (C=O) groups is 3. The summed E-state index contributed by atoms with van der Waals surface area (Å²) in [6.45, 7) is 7.95. The van der Waals surface area contributed by atoms with E-state index in [0.717, 1.165) is 37.7 Å². The van der Waals surface area contributed by atoms with Crippen LogP contribution in [0.25, 0.3) is 0 Å². The lowest BCUT2D eigenvalue weighted by atomic mass is 9.78. The molecule has 1 atom stereocenters. The molecule has 5 rings (SSSR count). The van der Waals surface area contributed by atoms with E-state index in [4.69, 9.17) is 32.7 Å². The molecule has 48 heavy (non-hydrogen) atoms. The highest BCUT2D eigenvalue weighted by molar-refractivity contribution is 7.09. The minimum absolute atomic E-state index is 0.0947. The van der Waals surface area contributed by atoms with Gasteiger partial charge < -0.3 is 25.0 Å². The number of aromatic nitrogens is 1. The summed E-state index contributed by atoms with van der Waals surface area (Å²) in [7, 11) is 2.56. The maximum absolute atomic E-state index is 14.0. The number of nitrogens with one attached hydrogen (secondary N) is 2. The third-order valence-corrected chi connectivity index (χ3v) is 11.2. The van der Waals surface area contributed by atoms with Crippen molar-refractivity contribution in [3.63, 3.8) is 0 Å². The van der Waals surface area contributed by atoms with Crippen LogP contribution in [0.4, 0.5) is 0 Å². The third kappa shape index (κ3) is 8.25. The number of ether oxygens (including phenoxy) is 2. The van der Waals surface area contributed by atoms with Crippen LogP contribution in [0.5, 0.6) is 0 Å². The number of benzene rings is 1. The number of rotatable bonds is 13. The molecule has 1 aliphatic carbocycles. The van der Waals surface area contributed by atoms with E-state index in [9.17, 15) is 14.4 Å². The maximum atomic E-state index is 14.0. The highest BCUT2D eigenvalue weighted by atomic mass is 35.5. The number of carbonyl (C=O) groups excluding carboxylic acids is 3. The van der Waals surface area contributed by atoms with Crippen molar-refractivity contribution in [1.29, 1.82) is 0 Å². The molecule has 260 valence electrons. The molecule has 1 saturated carbocycles. The van der Waals surface area contributed by atoms with Gasteiger partial charge in [0.05, 0.1) is 42.7 Å². The number of piperazine rings is 1. The summed E-state index contributed by atoms with van der Waals surface area (Å²) in [5.74, 6) is -2.49. The Hall–Kier alpha value is -2.96. The number of hydrogen-bond acceptors (Lipinski definition) is 10. The van der Waals surface area contributed by atoms with E-state index in [1.165, 1.54) is 51.2 Å². The van der Waals surface area contributed by atoms with Crippen LogP contribution >= 0.6 is 34.5 Å². The van der Waals surface area contributed by atoms with E-state index in [0.29, 0.717) is 48.3 Å². The van der Waals surface area contributed by atoms with Gasteiger partial charge in [-0.1, -0.05) is 49.0 Å². The van der Waals surface area contributed by atoms with Crippen molar-refractivity contribution in [2.24, 2.45) is 5.41 Å². The molecular formula is C35H45Cl2N5O5S. The first-order valence-corrected chi connectivity index (χ1v) is 18.3. The smallest absolute Gasteiger partial charge is 0.336 e. The molecule has 3 heterocycles. The second-order valence-corrected chi connectivity index (χ2v) is 14.5. The highest BCUT2D eigenvalue weighted by Crippen LogP contribution is 2.46. The molecular weight excluding hydrogens is 673 g/mol. The van der Waals surface area contributed by atoms with Gasteiger partial charge >= 0.3 is 11.9 Å². The summed E-state index contributed by atoms with van der Waals surface area (Å²) in [6.07, 6.45) is 7.54. The lowest BCUT2D eigenvalue weighted by Crippen LogP contribution is -2.52. The lowest BCUT2D eigenvalue weighted by molar-refractivity contribution is -0.137. The van der Waals surface area contributed by atoms with Crippen LogP contribution in [0, 0.1) is 5.41 Å². The van der Waals surface area contributed by atoms with Crippen LogP contribution in [0.2, 0.25) is 10.0 Å². The Kier molecular flexibility index (Phi) is 12.6. The van der Waals surface area contributed by atoms with Crippen molar-refractivity contribution in [2.45, 2.75) is 57.8 Å². The summed E-state index contributed by atoms with van der Waals surface area (Å²) in [5.41, 5.74) is 1.82. The number of halogens is 2. The van der Waals surface area contributed by atoms with Gasteiger partial charge in [-0.3, -0.25) is 9.69 Å². The number of thiazole rings is 1. The van der Waals surface area contributed by atoms with Gasteiger partial charge in [-0.25, -0.2) is 14.6 Å². The number of amides is 1. The fraction of sp³-hybridized carbons (Fsp3) is 0.543. The number of dihydropyridines is 1. The molecule has 2 aliphatic heterocycles. The molecule has 2 N–H and O–H groups in total. The van der Waals surface area contributed by atoms with Gasteiger partial charge in [-0.2, -0.15) is 0 Å². The Morgan fingerprint density at radius 1 is 1.00 bits per heavy atom. The van der Waals surface area contributed by atoms with E-state index in [2.05, 4.69) is 27.4 Å². The first kappa shape index (κ1) is 36.3. The molecule has 13 heteroatoms. The average molecular weight is 719 g/mol. The molecule has 0 spiro atoms. The van der Waals surface area contributed by atoms with Gasteiger partial charge in [-0.15, -0.1) is 11.3 Å². The quantitative estimate of drug-likeness (QED) is 0.266. The summed E-state index contributed by atoms with van der Waals surface area (Å²) in [5, 5.41) is 10.2. The Morgan fingerprint density at radius 2 is 1.65 bits per heavy atom. The molecule has 1 amide bonds. The molecule has 1 aromatic carbocycles. The Morgan fingerprint density at radius 3 is 2.23 bits per heavy atom. The van der Waals surface area contributed by atoms with E-state index < -0.39 is 17.9 Å². The number of hydrogen-bond donors (Lipinski definition) is 2. The topological polar surface area (TPSA) is 113 Å². The monoisotopic (exact) mass is 717 g/mol. The van der Waals surface area contributed by atoms with Crippen LogP contribution in [0.1, 0.15) is 61.9 Å². The van der Waals surface area contributed by atoms with Crippen LogP contribution in [-0.4, -0.2) is 92.7 Å². The number of allylic oxidation sites excluding steroid dienone is 1. The maximum Gasteiger partial charge on any atom is 0.336 e. The van der Waals surface area contributed by atoms with Crippen molar-refractivity contribution in [1.82, 2.24) is 25.4 Å². The Labute approximate surface area is 296 Å². The molecule has 1 saturated heterocycles. The van der Waals surface area contributed by atoms with Gasteiger partial charge in [0.1, 0.15) is 0 Å².